The quantitative estimate of drug-likeness (QED) is 0.698. The van der Waals surface area contributed by atoms with Crippen molar-refractivity contribution in [2.45, 2.75) is 31.2 Å². The molecule has 0 saturated heterocycles. The largest absolute Gasteiger partial charge is 0.443 e. The van der Waals surface area contributed by atoms with Crippen LogP contribution in [-0.2, 0) is 14.4 Å². The molecule has 1 aliphatic rings. The minimum atomic E-state index is -1.68. The van der Waals surface area contributed by atoms with Gasteiger partial charge in [-0.15, -0.1) is 0 Å². The van der Waals surface area contributed by atoms with Crippen molar-refractivity contribution in [1.29, 1.82) is 0 Å². The minimum absolute atomic E-state index is 0.219. The number of ether oxygens (including phenoxy) is 1. The maximum absolute atomic E-state index is 13.8. The summed E-state index contributed by atoms with van der Waals surface area (Å²) in [5, 5.41) is 0. The first-order chi connectivity index (χ1) is 11.6. The number of imide groups is 1. The molecule has 6 heteroatoms. The van der Waals surface area contributed by atoms with Crippen molar-refractivity contribution in [3.8, 4) is 0 Å². The van der Waals surface area contributed by atoms with E-state index in [2.05, 4.69) is 0 Å². The van der Waals surface area contributed by atoms with E-state index in [1.807, 2.05) is 0 Å². The van der Waals surface area contributed by atoms with Gasteiger partial charge in [0.2, 0.25) is 0 Å². The van der Waals surface area contributed by atoms with Crippen LogP contribution in [0.3, 0.4) is 0 Å². The number of alkyl halides is 1. The summed E-state index contributed by atoms with van der Waals surface area (Å²) in [6.45, 7) is 5.09. The highest BCUT2D eigenvalue weighted by Gasteiger charge is 2.54. The average Bonchev–Trinajstić information content (AvgIpc) is 2.76. The van der Waals surface area contributed by atoms with Gasteiger partial charge in [0.1, 0.15) is 11.4 Å². The number of hydrogen-bond acceptors (Lipinski definition) is 3. The van der Waals surface area contributed by atoms with E-state index in [1.54, 1.807) is 51.1 Å². The predicted molar refractivity (Wildman–Crippen MR) is 93.2 cm³/mol. The molecule has 0 N–H and O–H groups in total. The van der Waals surface area contributed by atoms with E-state index in [-0.39, 0.29) is 11.3 Å². The van der Waals surface area contributed by atoms with Gasteiger partial charge in [-0.1, -0.05) is 41.9 Å². The summed E-state index contributed by atoms with van der Waals surface area (Å²) < 4.78 is 19.2. The number of amides is 2. The Morgan fingerprint density at radius 3 is 2.40 bits per heavy atom. The summed E-state index contributed by atoms with van der Waals surface area (Å²) in [6.07, 6.45) is -0.844. The van der Waals surface area contributed by atoms with Crippen LogP contribution in [0.15, 0.2) is 48.5 Å². The summed E-state index contributed by atoms with van der Waals surface area (Å²) in [5.41, 5.74) is 0.109. The topological polar surface area (TPSA) is 46.6 Å². The zero-order valence-corrected chi connectivity index (χ0v) is 14.8. The molecule has 0 saturated carbocycles. The molecule has 1 heterocycles. The number of anilines is 1. The van der Waals surface area contributed by atoms with Crippen molar-refractivity contribution in [1.82, 2.24) is 0 Å². The zero-order valence-electron chi connectivity index (χ0n) is 14.0. The second-order valence-corrected chi connectivity index (χ2v) is 7.37. The van der Waals surface area contributed by atoms with Crippen LogP contribution in [0.25, 0.3) is 0 Å². The fraction of sp³-hybridized carbons (Fsp3) is 0.263. The normalized spacial score (nSPS) is 19.7. The van der Waals surface area contributed by atoms with Gasteiger partial charge in [0.05, 0.1) is 5.69 Å². The zero-order chi connectivity index (χ0) is 18.4. The number of hydrogen-bond donors (Lipinski definition) is 0. The lowest BCUT2D eigenvalue weighted by molar-refractivity contribution is -0.119. The van der Waals surface area contributed by atoms with Crippen molar-refractivity contribution in [2.24, 2.45) is 0 Å². The number of carbonyl (C=O) groups is 2. The molecule has 0 fully saturated rings. The predicted octanol–water partition coefficient (Wildman–Crippen LogP) is 4.59. The van der Waals surface area contributed by atoms with Crippen LogP contribution in [-0.4, -0.2) is 17.6 Å². The molecule has 2 amide bonds. The number of benzene rings is 2. The fourth-order valence-corrected chi connectivity index (χ4v) is 3.16. The third-order valence-electron chi connectivity index (χ3n) is 3.82. The van der Waals surface area contributed by atoms with Crippen molar-refractivity contribution in [2.75, 3.05) is 4.90 Å². The summed E-state index contributed by atoms with van der Waals surface area (Å²) in [7, 11) is 0. The van der Waals surface area contributed by atoms with E-state index >= 15 is 0 Å². The van der Waals surface area contributed by atoms with Gasteiger partial charge in [-0.2, -0.15) is 0 Å². The summed E-state index contributed by atoms with van der Waals surface area (Å²) >= 11 is 6.69. The molecule has 0 radical (unpaired) electrons. The first-order valence-corrected chi connectivity index (χ1v) is 8.14. The van der Waals surface area contributed by atoms with E-state index < -0.39 is 28.3 Å². The monoisotopic (exact) mass is 361 g/mol. The average molecular weight is 362 g/mol. The van der Waals surface area contributed by atoms with Crippen molar-refractivity contribution in [3.63, 3.8) is 0 Å². The van der Waals surface area contributed by atoms with Crippen LogP contribution in [0.1, 0.15) is 31.9 Å². The molecule has 2 aromatic rings. The molecule has 4 nitrogen and oxygen atoms in total. The Morgan fingerprint density at radius 2 is 1.80 bits per heavy atom. The lowest BCUT2D eigenvalue weighted by Crippen LogP contribution is -2.43. The lowest BCUT2D eigenvalue weighted by Gasteiger charge is -2.25. The van der Waals surface area contributed by atoms with E-state index in [4.69, 9.17) is 16.3 Å². The Bertz CT molecular complexity index is 847. The Kier molecular flexibility index (Phi) is 4.07. The number of carbonyl (C=O) groups excluding carboxylic acids is 2. The van der Waals surface area contributed by atoms with Gasteiger partial charge >= 0.3 is 6.09 Å². The molecule has 1 aliphatic heterocycles. The van der Waals surface area contributed by atoms with Crippen molar-refractivity contribution in [3.05, 3.63) is 65.5 Å². The number of fused-ring (bicyclic) bond motifs is 1. The molecular weight excluding hydrogens is 345 g/mol. The van der Waals surface area contributed by atoms with Crippen LogP contribution in [0.2, 0.25) is 0 Å². The summed E-state index contributed by atoms with van der Waals surface area (Å²) in [5.74, 6) is -1.23. The lowest BCUT2D eigenvalue weighted by atomic mass is 9.91. The van der Waals surface area contributed by atoms with Gasteiger partial charge < -0.3 is 4.74 Å². The van der Waals surface area contributed by atoms with Gasteiger partial charge in [-0.3, -0.25) is 4.79 Å². The molecule has 0 aromatic heterocycles. The fourth-order valence-electron chi connectivity index (χ4n) is 2.79. The third kappa shape index (κ3) is 2.89. The molecule has 25 heavy (non-hydrogen) atoms. The van der Waals surface area contributed by atoms with Crippen LogP contribution in [0.4, 0.5) is 14.9 Å². The molecule has 0 aliphatic carbocycles. The highest BCUT2D eigenvalue weighted by molar-refractivity contribution is 6.44. The molecule has 0 bridgehead atoms. The van der Waals surface area contributed by atoms with Gasteiger partial charge in [0.15, 0.2) is 4.87 Å². The number of halogens is 2. The van der Waals surface area contributed by atoms with E-state index in [0.29, 0.717) is 5.56 Å². The Balaban J connectivity index is 2.17. The van der Waals surface area contributed by atoms with Gasteiger partial charge in [-0.05, 0) is 44.5 Å². The van der Waals surface area contributed by atoms with E-state index in [1.165, 1.54) is 18.2 Å². The summed E-state index contributed by atoms with van der Waals surface area (Å²) in [4.78, 5) is 24.9. The summed E-state index contributed by atoms with van der Waals surface area (Å²) in [6, 6.07) is 12.3. The Labute approximate surface area is 150 Å². The SMILES string of the molecule is CC(C)(C)OC(=O)N1C(=O)C(Cl)(c2ccccc2)c2cc(F)ccc21. The molecule has 130 valence electrons. The smallest absolute Gasteiger partial charge is 0.421 e. The molecule has 1 unspecified atom stereocenters. The van der Waals surface area contributed by atoms with Crippen LogP contribution in [0.5, 0.6) is 0 Å². The first kappa shape index (κ1) is 17.4. The molecule has 0 spiro atoms. The standard InChI is InChI=1S/C19H17ClFNO3/c1-18(2,3)25-17(24)22-15-10-9-13(21)11-14(15)19(20,16(22)23)12-7-5-4-6-8-12/h4-11H,1-3H3. The Hall–Kier alpha value is -2.40. The highest BCUT2D eigenvalue weighted by Crippen LogP contribution is 2.49. The van der Waals surface area contributed by atoms with Gasteiger partial charge in [0.25, 0.3) is 5.91 Å². The number of nitrogens with zero attached hydrogens (tertiary/aromatic N) is 1. The Morgan fingerprint density at radius 1 is 1.16 bits per heavy atom. The van der Waals surface area contributed by atoms with E-state index in [0.717, 1.165) is 4.90 Å². The number of rotatable bonds is 1. The maximum Gasteiger partial charge on any atom is 0.421 e. The first-order valence-electron chi connectivity index (χ1n) is 7.76. The molecule has 1 atom stereocenters. The molecule has 3 rings (SSSR count). The maximum atomic E-state index is 13.8. The van der Waals surface area contributed by atoms with Crippen LogP contribution < -0.4 is 4.90 Å². The second-order valence-electron chi connectivity index (χ2n) is 6.81. The van der Waals surface area contributed by atoms with Crippen LogP contribution in [0, 0.1) is 5.82 Å². The second kappa shape index (κ2) is 5.85. The van der Waals surface area contributed by atoms with E-state index in [9.17, 15) is 14.0 Å². The molecule has 2 aromatic carbocycles. The van der Waals surface area contributed by atoms with Gasteiger partial charge in [-0.25, -0.2) is 14.1 Å². The van der Waals surface area contributed by atoms with Crippen molar-refractivity contribution < 1.29 is 18.7 Å². The van der Waals surface area contributed by atoms with Crippen LogP contribution >= 0.6 is 11.6 Å². The molecular formula is C19H17ClFNO3. The third-order valence-corrected chi connectivity index (χ3v) is 4.40. The van der Waals surface area contributed by atoms with Gasteiger partial charge in [0, 0.05) is 5.56 Å². The highest BCUT2D eigenvalue weighted by atomic mass is 35.5. The minimum Gasteiger partial charge on any atom is -0.443 e. The van der Waals surface area contributed by atoms with Crippen molar-refractivity contribution >= 4 is 29.3 Å².